The van der Waals surface area contributed by atoms with Crippen molar-refractivity contribution >= 4 is 0 Å². The van der Waals surface area contributed by atoms with E-state index in [0.717, 1.165) is 5.92 Å². The summed E-state index contributed by atoms with van der Waals surface area (Å²) in [6.07, 6.45) is 3.71. The molecule has 1 nitrogen and oxygen atoms in total. The second-order valence-electron chi connectivity index (χ2n) is 5.90. The van der Waals surface area contributed by atoms with Gasteiger partial charge < -0.3 is 5.32 Å². The van der Waals surface area contributed by atoms with Gasteiger partial charge in [0.15, 0.2) is 0 Å². The first-order valence-electron chi connectivity index (χ1n) is 7.28. The topological polar surface area (TPSA) is 12.0 Å². The van der Waals surface area contributed by atoms with Crippen LogP contribution in [0.3, 0.4) is 0 Å². The van der Waals surface area contributed by atoms with Gasteiger partial charge in [-0.2, -0.15) is 0 Å². The fourth-order valence-electron chi connectivity index (χ4n) is 3.43. The molecule has 0 saturated heterocycles. The van der Waals surface area contributed by atoms with E-state index in [-0.39, 0.29) is 0 Å². The fraction of sp³-hybridized carbons (Fsp3) is 0.333. The quantitative estimate of drug-likeness (QED) is 0.880. The van der Waals surface area contributed by atoms with E-state index in [1.54, 1.807) is 0 Å². The van der Waals surface area contributed by atoms with Crippen LogP contribution in [0.1, 0.15) is 29.0 Å². The zero-order valence-corrected chi connectivity index (χ0v) is 11.0. The molecular weight excluding hydrogens is 230 g/mol. The second kappa shape index (κ2) is 4.50. The number of fused-ring (bicyclic) bond motifs is 1. The van der Waals surface area contributed by atoms with Crippen LogP contribution in [0.5, 0.6) is 0 Å². The van der Waals surface area contributed by atoms with Crippen molar-refractivity contribution in [3.63, 3.8) is 0 Å². The predicted octanol–water partition coefficient (Wildman–Crippen LogP) is 3.30. The van der Waals surface area contributed by atoms with Crippen LogP contribution in [-0.2, 0) is 12.8 Å². The van der Waals surface area contributed by atoms with Crippen molar-refractivity contribution in [2.24, 2.45) is 0 Å². The molecule has 2 aromatic rings. The van der Waals surface area contributed by atoms with Gasteiger partial charge in [0.1, 0.15) is 0 Å². The monoisotopic (exact) mass is 249 g/mol. The predicted molar refractivity (Wildman–Crippen MR) is 78.4 cm³/mol. The Morgan fingerprint density at radius 1 is 0.789 bits per heavy atom. The third-order valence-corrected chi connectivity index (χ3v) is 4.52. The first-order valence-corrected chi connectivity index (χ1v) is 7.28. The SMILES string of the molecule is c1ccc(C2CC2NC2Cc3ccccc3C2)cc1. The molecule has 2 atom stereocenters. The third-order valence-electron chi connectivity index (χ3n) is 4.52. The lowest BCUT2D eigenvalue weighted by atomic mass is 10.1. The van der Waals surface area contributed by atoms with Gasteiger partial charge in [0.25, 0.3) is 0 Å². The number of nitrogens with one attached hydrogen (secondary N) is 1. The van der Waals surface area contributed by atoms with Crippen LogP contribution in [0.15, 0.2) is 54.6 Å². The van der Waals surface area contributed by atoms with Gasteiger partial charge in [-0.25, -0.2) is 0 Å². The molecule has 0 aliphatic heterocycles. The number of hydrogen-bond acceptors (Lipinski definition) is 1. The molecule has 1 N–H and O–H groups in total. The number of benzene rings is 2. The lowest BCUT2D eigenvalue weighted by molar-refractivity contribution is 0.524. The minimum absolute atomic E-state index is 0.649. The molecule has 0 heterocycles. The average Bonchev–Trinajstić information content (AvgIpc) is 3.09. The van der Waals surface area contributed by atoms with Crippen LogP contribution in [0, 0.1) is 0 Å². The molecule has 0 aromatic heterocycles. The summed E-state index contributed by atoms with van der Waals surface area (Å²) < 4.78 is 0. The summed E-state index contributed by atoms with van der Waals surface area (Å²) in [5.74, 6) is 0.741. The molecule has 19 heavy (non-hydrogen) atoms. The van der Waals surface area contributed by atoms with Crippen molar-refractivity contribution in [2.75, 3.05) is 0 Å². The van der Waals surface area contributed by atoms with Crippen molar-refractivity contribution in [3.05, 3.63) is 71.3 Å². The molecule has 1 fully saturated rings. The van der Waals surface area contributed by atoms with Gasteiger partial charge in [-0.1, -0.05) is 54.6 Å². The highest BCUT2D eigenvalue weighted by Crippen LogP contribution is 2.41. The summed E-state index contributed by atoms with van der Waals surface area (Å²) in [4.78, 5) is 0. The molecular formula is C18H19N. The first-order chi connectivity index (χ1) is 9.40. The lowest BCUT2D eigenvalue weighted by Crippen LogP contribution is -2.32. The molecule has 1 saturated carbocycles. The molecule has 96 valence electrons. The number of hydrogen-bond donors (Lipinski definition) is 1. The number of rotatable bonds is 3. The molecule has 0 radical (unpaired) electrons. The van der Waals surface area contributed by atoms with Gasteiger partial charge in [-0.05, 0) is 36.0 Å². The van der Waals surface area contributed by atoms with Crippen molar-refractivity contribution in [3.8, 4) is 0 Å². The fourth-order valence-corrected chi connectivity index (χ4v) is 3.43. The molecule has 4 rings (SSSR count). The Morgan fingerprint density at radius 2 is 1.42 bits per heavy atom. The highest BCUT2D eigenvalue weighted by Gasteiger charge is 2.40. The maximum Gasteiger partial charge on any atom is 0.0151 e. The molecule has 2 aromatic carbocycles. The zero-order valence-electron chi connectivity index (χ0n) is 11.0. The van der Waals surface area contributed by atoms with E-state index in [9.17, 15) is 0 Å². The largest absolute Gasteiger partial charge is 0.310 e. The van der Waals surface area contributed by atoms with E-state index < -0.39 is 0 Å². The minimum Gasteiger partial charge on any atom is -0.310 e. The van der Waals surface area contributed by atoms with Crippen LogP contribution >= 0.6 is 0 Å². The van der Waals surface area contributed by atoms with Crippen LogP contribution in [-0.4, -0.2) is 12.1 Å². The third kappa shape index (κ3) is 2.19. The smallest absolute Gasteiger partial charge is 0.0151 e. The van der Waals surface area contributed by atoms with Crippen molar-refractivity contribution in [1.82, 2.24) is 5.32 Å². The van der Waals surface area contributed by atoms with Crippen LogP contribution in [0.2, 0.25) is 0 Å². The van der Waals surface area contributed by atoms with Gasteiger partial charge in [0, 0.05) is 18.0 Å². The highest BCUT2D eigenvalue weighted by atomic mass is 15.0. The van der Waals surface area contributed by atoms with Crippen LogP contribution in [0.4, 0.5) is 0 Å². The Balaban J connectivity index is 1.38. The summed E-state index contributed by atoms with van der Waals surface area (Å²) in [5, 5.41) is 3.85. The Morgan fingerprint density at radius 3 is 2.11 bits per heavy atom. The maximum atomic E-state index is 3.85. The lowest BCUT2D eigenvalue weighted by Gasteiger charge is -2.11. The van der Waals surface area contributed by atoms with E-state index in [1.165, 1.54) is 36.0 Å². The summed E-state index contributed by atoms with van der Waals surface area (Å²) in [6.45, 7) is 0. The van der Waals surface area contributed by atoms with Crippen molar-refractivity contribution in [2.45, 2.75) is 37.3 Å². The molecule has 0 amide bonds. The molecule has 0 bridgehead atoms. The van der Waals surface area contributed by atoms with E-state index in [2.05, 4.69) is 59.9 Å². The summed E-state index contributed by atoms with van der Waals surface area (Å²) in [5.41, 5.74) is 4.57. The Hall–Kier alpha value is -1.60. The van der Waals surface area contributed by atoms with Gasteiger partial charge in [0.2, 0.25) is 0 Å². The second-order valence-corrected chi connectivity index (χ2v) is 5.90. The van der Waals surface area contributed by atoms with Crippen LogP contribution < -0.4 is 5.32 Å². The summed E-state index contributed by atoms with van der Waals surface area (Å²) in [7, 11) is 0. The van der Waals surface area contributed by atoms with Gasteiger partial charge >= 0.3 is 0 Å². The summed E-state index contributed by atoms with van der Waals surface area (Å²) in [6, 6.07) is 21.1. The van der Waals surface area contributed by atoms with Gasteiger partial charge in [-0.3, -0.25) is 0 Å². The normalized spacial score (nSPS) is 25.3. The van der Waals surface area contributed by atoms with E-state index in [4.69, 9.17) is 0 Å². The molecule has 1 heteroatoms. The Kier molecular flexibility index (Phi) is 2.66. The van der Waals surface area contributed by atoms with Gasteiger partial charge in [-0.15, -0.1) is 0 Å². The Bertz CT molecular complexity index is 550. The molecule has 0 spiro atoms. The van der Waals surface area contributed by atoms with E-state index in [0.29, 0.717) is 12.1 Å². The van der Waals surface area contributed by atoms with Gasteiger partial charge in [0.05, 0.1) is 0 Å². The molecule has 2 aliphatic carbocycles. The van der Waals surface area contributed by atoms with Crippen molar-refractivity contribution < 1.29 is 0 Å². The van der Waals surface area contributed by atoms with Crippen LogP contribution in [0.25, 0.3) is 0 Å². The highest BCUT2D eigenvalue weighted by molar-refractivity contribution is 5.34. The minimum atomic E-state index is 0.649. The maximum absolute atomic E-state index is 3.85. The van der Waals surface area contributed by atoms with E-state index in [1.807, 2.05) is 0 Å². The standard InChI is InChI=1S/C18H19N/c1-2-6-13(7-3-1)17-12-18(17)19-16-10-14-8-4-5-9-15(14)11-16/h1-9,16-19H,10-12H2. The molecule has 2 aliphatic rings. The van der Waals surface area contributed by atoms with E-state index >= 15 is 0 Å². The van der Waals surface area contributed by atoms with Crippen molar-refractivity contribution in [1.29, 1.82) is 0 Å². The zero-order chi connectivity index (χ0) is 12.7. The summed E-state index contributed by atoms with van der Waals surface area (Å²) >= 11 is 0. The molecule has 2 unspecified atom stereocenters. The average molecular weight is 249 g/mol. The first kappa shape index (κ1) is 11.2. The Labute approximate surface area is 114 Å².